The van der Waals surface area contributed by atoms with Crippen molar-refractivity contribution in [3.8, 4) is 0 Å². The second-order valence-corrected chi connectivity index (χ2v) is 5.29. The number of halogens is 1. The average Bonchev–Trinajstić information content (AvgIpc) is 2.25. The standard InChI is InChI=1S/C13H20BrNO/c1-3-5-11(9-15)13(2,16)10-6-4-7-12(14)8-10/h4,6-8,11,16H,3,5,9,15H2,1-2H3. The van der Waals surface area contributed by atoms with Crippen LogP contribution in [0.15, 0.2) is 28.7 Å². The summed E-state index contributed by atoms with van der Waals surface area (Å²) in [6, 6.07) is 7.80. The summed E-state index contributed by atoms with van der Waals surface area (Å²) in [5.41, 5.74) is 5.82. The fraction of sp³-hybridized carbons (Fsp3) is 0.538. The fourth-order valence-corrected chi connectivity index (χ4v) is 2.42. The third-order valence-electron chi connectivity index (χ3n) is 3.13. The molecule has 0 heterocycles. The van der Waals surface area contributed by atoms with Gasteiger partial charge in [-0.3, -0.25) is 0 Å². The van der Waals surface area contributed by atoms with Crippen LogP contribution in [-0.2, 0) is 5.60 Å². The van der Waals surface area contributed by atoms with E-state index in [1.165, 1.54) is 0 Å². The number of hydrogen-bond acceptors (Lipinski definition) is 2. The van der Waals surface area contributed by atoms with E-state index in [2.05, 4.69) is 22.9 Å². The van der Waals surface area contributed by atoms with Crippen LogP contribution in [0.2, 0.25) is 0 Å². The highest BCUT2D eigenvalue weighted by atomic mass is 79.9. The van der Waals surface area contributed by atoms with Crippen molar-refractivity contribution in [1.82, 2.24) is 0 Å². The molecule has 0 spiro atoms. The van der Waals surface area contributed by atoms with Crippen LogP contribution in [-0.4, -0.2) is 11.7 Å². The van der Waals surface area contributed by atoms with Gasteiger partial charge < -0.3 is 10.8 Å². The molecule has 3 heteroatoms. The highest BCUT2D eigenvalue weighted by molar-refractivity contribution is 9.10. The molecular formula is C13H20BrNO. The maximum absolute atomic E-state index is 10.6. The molecule has 0 aliphatic carbocycles. The lowest BCUT2D eigenvalue weighted by Crippen LogP contribution is -2.36. The van der Waals surface area contributed by atoms with E-state index in [-0.39, 0.29) is 5.92 Å². The molecule has 3 N–H and O–H groups in total. The smallest absolute Gasteiger partial charge is 0.0908 e. The number of aliphatic hydroxyl groups is 1. The summed E-state index contributed by atoms with van der Waals surface area (Å²) >= 11 is 3.42. The van der Waals surface area contributed by atoms with Crippen LogP contribution >= 0.6 is 15.9 Å². The second kappa shape index (κ2) is 5.80. The number of rotatable bonds is 5. The summed E-state index contributed by atoms with van der Waals surface area (Å²) in [6.45, 7) is 4.47. The van der Waals surface area contributed by atoms with Gasteiger partial charge in [-0.1, -0.05) is 41.4 Å². The zero-order valence-corrected chi connectivity index (χ0v) is 11.5. The van der Waals surface area contributed by atoms with Crippen molar-refractivity contribution in [2.75, 3.05) is 6.54 Å². The molecule has 0 aromatic heterocycles. The summed E-state index contributed by atoms with van der Waals surface area (Å²) in [5, 5.41) is 10.6. The molecular weight excluding hydrogens is 266 g/mol. The van der Waals surface area contributed by atoms with Gasteiger partial charge >= 0.3 is 0 Å². The van der Waals surface area contributed by atoms with Crippen molar-refractivity contribution in [2.45, 2.75) is 32.3 Å². The lowest BCUT2D eigenvalue weighted by molar-refractivity contribution is -0.00632. The van der Waals surface area contributed by atoms with E-state index < -0.39 is 5.60 Å². The van der Waals surface area contributed by atoms with Crippen LogP contribution in [0.3, 0.4) is 0 Å². The lowest BCUT2D eigenvalue weighted by Gasteiger charge is -2.32. The molecule has 2 nitrogen and oxygen atoms in total. The Bertz CT molecular complexity index is 338. The number of benzene rings is 1. The summed E-state index contributed by atoms with van der Waals surface area (Å²) in [6.07, 6.45) is 1.97. The first-order valence-electron chi connectivity index (χ1n) is 5.70. The summed E-state index contributed by atoms with van der Waals surface area (Å²) in [5.74, 6) is 0.104. The highest BCUT2D eigenvalue weighted by Gasteiger charge is 2.32. The van der Waals surface area contributed by atoms with Crippen molar-refractivity contribution < 1.29 is 5.11 Å². The molecule has 0 radical (unpaired) electrons. The first kappa shape index (κ1) is 13.7. The summed E-state index contributed by atoms with van der Waals surface area (Å²) in [7, 11) is 0. The van der Waals surface area contributed by atoms with Crippen LogP contribution < -0.4 is 5.73 Å². The molecule has 0 aliphatic rings. The Balaban J connectivity index is 2.98. The van der Waals surface area contributed by atoms with Crippen LogP contribution in [0.5, 0.6) is 0 Å². The Labute approximate surface area is 106 Å². The third-order valence-corrected chi connectivity index (χ3v) is 3.62. The largest absolute Gasteiger partial charge is 0.385 e. The Kier molecular flexibility index (Phi) is 4.96. The van der Waals surface area contributed by atoms with Crippen molar-refractivity contribution in [2.24, 2.45) is 11.7 Å². The topological polar surface area (TPSA) is 46.2 Å². The minimum atomic E-state index is -0.853. The van der Waals surface area contributed by atoms with Crippen molar-refractivity contribution in [1.29, 1.82) is 0 Å². The van der Waals surface area contributed by atoms with Crippen LogP contribution in [0.1, 0.15) is 32.3 Å². The van der Waals surface area contributed by atoms with E-state index in [4.69, 9.17) is 5.73 Å². The van der Waals surface area contributed by atoms with Gasteiger partial charge in [0.1, 0.15) is 0 Å². The normalized spacial score (nSPS) is 16.8. The maximum Gasteiger partial charge on any atom is 0.0908 e. The Hall–Kier alpha value is -0.380. The van der Waals surface area contributed by atoms with Crippen molar-refractivity contribution >= 4 is 15.9 Å². The molecule has 1 rings (SSSR count). The molecule has 2 unspecified atom stereocenters. The van der Waals surface area contributed by atoms with Gasteiger partial charge in [0.05, 0.1) is 5.60 Å². The molecule has 0 fully saturated rings. The van der Waals surface area contributed by atoms with Gasteiger partial charge in [0.25, 0.3) is 0 Å². The minimum Gasteiger partial charge on any atom is -0.385 e. The molecule has 2 atom stereocenters. The van der Waals surface area contributed by atoms with E-state index in [1.54, 1.807) is 0 Å². The quantitative estimate of drug-likeness (QED) is 0.874. The van der Waals surface area contributed by atoms with Gasteiger partial charge in [0.2, 0.25) is 0 Å². The van der Waals surface area contributed by atoms with Crippen LogP contribution in [0.4, 0.5) is 0 Å². The minimum absolute atomic E-state index is 0.104. The Morgan fingerprint density at radius 2 is 2.19 bits per heavy atom. The molecule has 16 heavy (non-hydrogen) atoms. The van der Waals surface area contributed by atoms with E-state index in [1.807, 2.05) is 31.2 Å². The van der Waals surface area contributed by atoms with Crippen molar-refractivity contribution in [3.05, 3.63) is 34.3 Å². The van der Waals surface area contributed by atoms with E-state index >= 15 is 0 Å². The number of hydrogen-bond donors (Lipinski definition) is 2. The van der Waals surface area contributed by atoms with Gasteiger partial charge in [-0.25, -0.2) is 0 Å². The average molecular weight is 286 g/mol. The first-order chi connectivity index (χ1) is 7.52. The van der Waals surface area contributed by atoms with Crippen LogP contribution in [0, 0.1) is 5.92 Å². The van der Waals surface area contributed by atoms with E-state index in [0.29, 0.717) is 6.54 Å². The van der Waals surface area contributed by atoms with Gasteiger partial charge in [-0.2, -0.15) is 0 Å². The Morgan fingerprint density at radius 3 is 2.69 bits per heavy atom. The number of nitrogens with two attached hydrogens (primary N) is 1. The summed E-state index contributed by atoms with van der Waals surface area (Å²) < 4.78 is 0.984. The summed E-state index contributed by atoms with van der Waals surface area (Å²) in [4.78, 5) is 0. The van der Waals surface area contributed by atoms with Gasteiger partial charge in [-0.05, 0) is 37.6 Å². The second-order valence-electron chi connectivity index (χ2n) is 4.38. The zero-order chi connectivity index (χ0) is 12.2. The molecule has 0 bridgehead atoms. The lowest BCUT2D eigenvalue weighted by atomic mass is 9.80. The Morgan fingerprint density at radius 1 is 1.50 bits per heavy atom. The predicted molar refractivity (Wildman–Crippen MR) is 71.2 cm³/mol. The highest BCUT2D eigenvalue weighted by Crippen LogP contribution is 2.32. The SMILES string of the molecule is CCCC(CN)C(C)(O)c1cccc(Br)c1. The van der Waals surface area contributed by atoms with Crippen LogP contribution in [0.25, 0.3) is 0 Å². The van der Waals surface area contributed by atoms with Crippen molar-refractivity contribution in [3.63, 3.8) is 0 Å². The molecule has 0 aliphatic heterocycles. The molecule has 0 amide bonds. The van der Waals surface area contributed by atoms with Gasteiger partial charge in [0.15, 0.2) is 0 Å². The molecule has 0 saturated carbocycles. The van der Waals surface area contributed by atoms with E-state index in [9.17, 15) is 5.11 Å². The fourth-order valence-electron chi connectivity index (χ4n) is 2.02. The zero-order valence-electron chi connectivity index (χ0n) is 9.91. The predicted octanol–water partition coefficient (Wildman–Crippen LogP) is 3.03. The monoisotopic (exact) mass is 285 g/mol. The molecule has 0 saturated heterocycles. The first-order valence-corrected chi connectivity index (χ1v) is 6.50. The molecule has 90 valence electrons. The molecule has 1 aromatic carbocycles. The third kappa shape index (κ3) is 3.06. The maximum atomic E-state index is 10.6. The van der Waals surface area contributed by atoms with E-state index in [0.717, 1.165) is 22.9 Å². The van der Waals surface area contributed by atoms with Gasteiger partial charge in [0, 0.05) is 10.4 Å². The van der Waals surface area contributed by atoms with Gasteiger partial charge in [-0.15, -0.1) is 0 Å². The molecule has 1 aromatic rings.